The second-order valence-corrected chi connectivity index (χ2v) is 5.57. The van der Waals surface area contributed by atoms with Crippen molar-refractivity contribution in [1.82, 2.24) is 15.1 Å². The molecule has 0 radical (unpaired) electrons. The number of rotatable bonds is 8. The number of amides is 2. The first kappa shape index (κ1) is 17.5. The van der Waals surface area contributed by atoms with Gasteiger partial charge in [0.25, 0.3) is 0 Å². The summed E-state index contributed by atoms with van der Waals surface area (Å²) in [5, 5.41) is 19.5. The van der Waals surface area contributed by atoms with E-state index in [0.717, 1.165) is 31.4 Å². The fourth-order valence-electron chi connectivity index (χ4n) is 2.23. The predicted octanol–water partition coefficient (Wildman–Crippen LogP) is 2.29. The average Bonchev–Trinajstić information content (AvgIpc) is 2.81. The van der Waals surface area contributed by atoms with Crippen LogP contribution in [0.4, 0.5) is 10.6 Å². The van der Waals surface area contributed by atoms with Gasteiger partial charge in [0.15, 0.2) is 0 Å². The Balaban J connectivity index is 2.57. The van der Waals surface area contributed by atoms with Gasteiger partial charge < -0.3 is 10.4 Å². The molecule has 1 rings (SSSR count). The molecule has 0 saturated heterocycles. The van der Waals surface area contributed by atoms with Crippen LogP contribution in [0.1, 0.15) is 45.7 Å². The Bertz CT molecular complexity index is 444. The van der Waals surface area contributed by atoms with Crippen LogP contribution in [0.2, 0.25) is 0 Å². The van der Waals surface area contributed by atoms with Crippen LogP contribution in [-0.2, 0) is 13.5 Å². The number of carbonyl (C=O) groups is 1. The summed E-state index contributed by atoms with van der Waals surface area (Å²) < 4.78 is 1.67. The van der Waals surface area contributed by atoms with Crippen molar-refractivity contribution in [3.63, 3.8) is 0 Å². The fraction of sp³-hybridized carbons (Fsp3) is 0.733. The molecule has 0 spiro atoms. The third kappa shape index (κ3) is 4.74. The average molecular weight is 296 g/mol. The van der Waals surface area contributed by atoms with Crippen molar-refractivity contribution in [2.24, 2.45) is 12.5 Å². The molecule has 6 heteroatoms. The molecule has 0 atom stereocenters. The van der Waals surface area contributed by atoms with Crippen molar-refractivity contribution in [2.45, 2.75) is 46.5 Å². The number of nitrogens with zero attached hydrogens (tertiary/aromatic N) is 2. The van der Waals surface area contributed by atoms with Crippen LogP contribution in [0.25, 0.3) is 0 Å². The summed E-state index contributed by atoms with van der Waals surface area (Å²) >= 11 is 0. The lowest BCUT2D eigenvalue weighted by molar-refractivity contribution is 0.116. The number of nitrogens with one attached hydrogen (secondary N) is 2. The highest BCUT2D eigenvalue weighted by atomic mass is 16.3. The first-order valence-electron chi connectivity index (χ1n) is 7.68. The van der Waals surface area contributed by atoms with Gasteiger partial charge in [-0.15, -0.1) is 0 Å². The van der Waals surface area contributed by atoms with Crippen LogP contribution in [0.3, 0.4) is 0 Å². The highest BCUT2D eigenvalue weighted by molar-refractivity contribution is 5.88. The number of aliphatic hydroxyl groups is 1. The van der Waals surface area contributed by atoms with E-state index >= 15 is 0 Å². The van der Waals surface area contributed by atoms with E-state index in [1.807, 2.05) is 27.0 Å². The molecule has 1 heterocycles. The Morgan fingerprint density at radius 3 is 2.57 bits per heavy atom. The molecule has 6 nitrogen and oxygen atoms in total. The first-order chi connectivity index (χ1) is 10.00. The largest absolute Gasteiger partial charge is 0.396 e. The molecule has 3 N–H and O–H groups in total. The molecule has 1 aromatic rings. The Labute approximate surface area is 126 Å². The van der Waals surface area contributed by atoms with Crippen molar-refractivity contribution >= 4 is 11.8 Å². The van der Waals surface area contributed by atoms with Crippen molar-refractivity contribution in [1.29, 1.82) is 0 Å². The Morgan fingerprint density at radius 1 is 1.38 bits per heavy atom. The van der Waals surface area contributed by atoms with Crippen molar-refractivity contribution in [3.8, 4) is 0 Å². The van der Waals surface area contributed by atoms with Gasteiger partial charge in [-0.05, 0) is 19.3 Å². The number of carbonyl (C=O) groups excluding carboxylic acids is 1. The highest BCUT2D eigenvalue weighted by Gasteiger charge is 2.25. The Kier molecular flexibility index (Phi) is 6.68. The number of anilines is 1. The summed E-state index contributed by atoms with van der Waals surface area (Å²) in [6.45, 7) is 6.68. The monoisotopic (exact) mass is 296 g/mol. The quantitative estimate of drug-likeness (QED) is 0.688. The Morgan fingerprint density at radius 2 is 2.05 bits per heavy atom. The van der Waals surface area contributed by atoms with Gasteiger partial charge in [0.05, 0.1) is 12.3 Å². The van der Waals surface area contributed by atoms with E-state index in [9.17, 15) is 9.90 Å². The minimum atomic E-state index is -0.263. The molecule has 0 fully saturated rings. The van der Waals surface area contributed by atoms with Crippen LogP contribution in [0.15, 0.2) is 6.07 Å². The summed E-state index contributed by atoms with van der Waals surface area (Å²) in [4.78, 5) is 12.0. The maximum atomic E-state index is 12.0. The van der Waals surface area contributed by atoms with Gasteiger partial charge in [-0.3, -0.25) is 10.00 Å². The molecule has 0 aliphatic heterocycles. The normalized spacial score (nSPS) is 11.5. The third-order valence-corrected chi connectivity index (χ3v) is 4.14. The molecule has 0 aliphatic rings. The van der Waals surface area contributed by atoms with Gasteiger partial charge in [0, 0.05) is 25.1 Å². The maximum absolute atomic E-state index is 12.0. The van der Waals surface area contributed by atoms with Crippen LogP contribution >= 0.6 is 0 Å². The molecule has 0 unspecified atom stereocenters. The number of urea groups is 1. The van der Waals surface area contributed by atoms with Gasteiger partial charge in [-0.1, -0.05) is 27.2 Å². The zero-order chi connectivity index (χ0) is 15.9. The van der Waals surface area contributed by atoms with Crippen LogP contribution < -0.4 is 10.6 Å². The second-order valence-electron chi connectivity index (χ2n) is 5.57. The topological polar surface area (TPSA) is 79.2 Å². The molecule has 120 valence electrons. The van der Waals surface area contributed by atoms with Gasteiger partial charge in [-0.25, -0.2) is 4.79 Å². The second kappa shape index (κ2) is 8.02. The summed E-state index contributed by atoms with van der Waals surface area (Å²) in [7, 11) is 1.81. The van der Waals surface area contributed by atoms with Gasteiger partial charge in [0.1, 0.15) is 5.82 Å². The van der Waals surface area contributed by atoms with Gasteiger partial charge >= 0.3 is 6.03 Å². The summed E-state index contributed by atoms with van der Waals surface area (Å²) in [5.74, 6) is 0.679. The molecule has 0 saturated carbocycles. The molecule has 1 aromatic heterocycles. The summed E-state index contributed by atoms with van der Waals surface area (Å²) in [5.41, 5.74) is 0.735. The van der Waals surface area contributed by atoms with Gasteiger partial charge in [-0.2, -0.15) is 5.10 Å². The van der Waals surface area contributed by atoms with Crippen molar-refractivity contribution in [3.05, 3.63) is 11.8 Å². The minimum absolute atomic E-state index is 0.0760. The van der Waals surface area contributed by atoms with Crippen molar-refractivity contribution < 1.29 is 9.90 Å². The number of aryl methyl sites for hydroxylation is 2. The molecule has 0 bridgehead atoms. The maximum Gasteiger partial charge on any atom is 0.320 e. The minimum Gasteiger partial charge on any atom is -0.396 e. The number of aliphatic hydroxyl groups excluding tert-OH is 1. The number of hydrogen-bond acceptors (Lipinski definition) is 3. The van der Waals surface area contributed by atoms with Crippen LogP contribution in [0.5, 0.6) is 0 Å². The lowest BCUT2D eigenvalue weighted by Crippen LogP contribution is -2.41. The Hall–Kier alpha value is -1.56. The van der Waals surface area contributed by atoms with E-state index in [1.54, 1.807) is 4.68 Å². The summed E-state index contributed by atoms with van der Waals surface area (Å²) in [6.07, 6.45) is 3.57. The third-order valence-electron chi connectivity index (χ3n) is 4.14. The predicted molar refractivity (Wildman–Crippen MR) is 84.3 cm³/mol. The van der Waals surface area contributed by atoms with Crippen molar-refractivity contribution in [2.75, 3.05) is 18.5 Å². The lowest BCUT2D eigenvalue weighted by atomic mass is 9.83. The molecular formula is C15H28N4O2. The van der Waals surface area contributed by atoms with E-state index in [0.29, 0.717) is 12.4 Å². The van der Waals surface area contributed by atoms with Crippen LogP contribution in [0, 0.1) is 5.41 Å². The standard InChI is InChI=1S/C15H28N4O2/c1-5-8-12-9-13(19(4)18-12)17-14(21)16-10-15(6-2,7-3)11-20/h9,20H,5-8,10-11H2,1-4H3,(H2,16,17,21). The first-order valence-corrected chi connectivity index (χ1v) is 7.68. The zero-order valence-electron chi connectivity index (χ0n) is 13.6. The number of hydrogen-bond donors (Lipinski definition) is 3. The SMILES string of the molecule is CCCc1cc(NC(=O)NCC(CC)(CC)CO)n(C)n1. The highest BCUT2D eigenvalue weighted by Crippen LogP contribution is 2.24. The smallest absolute Gasteiger partial charge is 0.320 e. The van der Waals surface area contributed by atoms with Gasteiger partial charge in [0.2, 0.25) is 0 Å². The van der Waals surface area contributed by atoms with E-state index in [1.165, 1.54) is 0 Å². The molecule has 0 aliphatic carbocycles. The van der Waals surface area contributed by atoms with E-state index in [2.05, 4.69) is 22.7 Å². The lowest BCUT2D eigenvalue weighted by Gasteiger charge is -2.29. The number of aromatic nitrogens is 2. The zero-order valence-corrected chi connectivity index (χ0v) is 13.6. The van der Waals surface area contributed by atoms with E-state index in [-0.39, 0.29) is 18.1 Å². The van der Waals surface area contributed by atoms with E-state index in [4.69, 9.17) is 0 Å². The molecule has 21 heavy (non-hydrogen) atoms. The summed E-state index contributed by atoms with van der Waals surface area (Å²) in [6, 6.07) is 1.63. The van der Waals surface area contributed by atoms with E-state index < -0.39 is 0 Å². The molecule has 2 amide bonds. The molecular weight excluding hydrogens is 268 g/mol. The van der Waals surface area contributed by atoms with Crippen LogP contribution in [-0.4, -0.2) is 34.1 Å². The fourth-order valence-corrected chi connectivity index (χ4v) is 2.23. The molecule has 0 aromatic carbocycles.